The number of benzene rings is 1. The van der Waals surface area contributed by atoms with E-state index in [-0.39, 0.29) is 12.8 Å². The Labute approximate surface area is 173 Å². The molecule has 4 rings (SSSR count). The maximum Gasteiger partial charge on any atom is 0.325 e. The van der Waals surface area contributed by atoms with Gasteiger partial charge in [0, 0.05) is 6.04 Å². The molecule has 1 aromatic carbocycles. The predicted octanol–water partition coefficient (Wildman–Crippen LogP) is 1.34. The van der Waals surface area contributed by atoms with Crippen molar-refractivity contribution in [2.75, 3.05) is 13.3 Å². The van der Waals surface area contributed by atoms with Crippen molar-refractivity contribution in [2.45, 2.75) is 50.6 Å². The average molecular weight is 416 g/mol. The second kappa shape index (κ2) is 7.85. The van der Waals surface area contributed by atoms with Gasteiger partial charge in [0.05, 0.1) is 0 Å². The smallest absolute Gasteiger partial charge is 0.325 e. The third-order valence-corrected chi connectivity index (χ3v) is 5.72. The highest BCUT2D eigenvalue weighted by Gasteiger charge is 2.50. The molecule has 10 nitrogen and oxygen atoms in total. The van der Waals surface area contributed by atoms with Crippen LogP contribution < -0.4 is 25.4 Å². The van der Waals surface area contributed by atoms with Crippen molar-refractivity contribution in [1.82, 2.24) is 20.9 Å². The van der Waals surface area contributed by atoms with Gasteiger partial charge in [-0.3, -0.25) is 19.8 Å². The third kappa shape index (κ3) is 3.77. The van der Waals surface area contributed by atoms with Crippen LogP contribution in [0.5, 0.6) is 11.5 Å². The van der Waals surface area contributed by atoms with Crippen LogP contribution in [0, 0.1) is 0 Å². The fraction of sp³-hybridized carbons (Fsp3) is 0.500. The molecule has 0 unspecified atom stereocenters. The largest absolute Gasteiger partial charge is 0.454 e. The molecule has 2 fully saturated rings. The molecule has 3 N–H and O–H groups in total. The second-order valence-electron chi connectivity index (χ2n) is 7.87. The van der Waals surface area contributed by atoms with Crippen molar-refractivity contribution in [3.63, 3.8) is 0 Å². The van der Waals surface area contributed by atoms with Crippen molar-refractivity contribution >= 4 is 23.9 Å². The van der Waals surface area contributed by atoms with Gasteiger partial charge in [-0.2, -0.15) is 0 Å². The summed E-state index contributed by atoms with van der Waals surface area (Å²) in [6.07, 6.45) is 4.98. The fourth-order valence-corrected chi connectivity index (χ4v) is 4.02. The zero-order valence-electron chi connectivity index (χ0n) is 16.7. The van der Waals surface area contributed by atoms with Crippen LogP contribution in [0.3, 0.4) is 0 Å². The first-order valence-electron chi connectivity index (χ1n) is 10.0. The Morgan fingerprint density at radius 1 is 1.17 bits per heavy atom. The lowest BCUT2D eigenvalue weighted by molar-refractivity contribution is -0.134. The van der Waals surface area contributed by atoms with Crippen molar-refractivity contribution in [3.8, 4) is 11.5 Å². The molecular weight excluding hydrogens is 392 g/mol. The van der Waals surface area contributed by atoms with Gasteiger partial charge in [0.15, 0.2) is 11.5 Å². The van der Waals surface area contributed by atoms with Gasteiger partial charge >= 0.3 is 12.1 Å². The highest BCUT2D eigenvalue weighted by atomic mass is 16.7. The van der Waals surface area contributed by atoms with Crippen LogP contribution >= 0.6 is 0 Å². The minimum atomic E-state index is -1.36. The summed E-state index contributed by atoms with van der Waals surface area (Å²) in [5.41, 5.74) is -0.856. The Balaban J connectivity index is 1.38. The average Bonchev–Trinajstić information content (AvgIpc) is 3.27. The minimum absolute atomic E-state index is 0.0394. The van der Waals surface area contributed by atoms with E-state index >= 15 is 0 Å². The monoisotopic (exact) mass is 416 g/mol. The van der Waals surface area contributed by atoms with E-state index in [0.717, 1.165) is 37.0 Å². The lowest BCUT2D eigenvalue weighted by Crippen LogP contribution is -2.49. The standard InChI is InChI=1S/C20H24N4O6/c1-20(12-7-8-14-15(9-12)30-11-29-14)17(26)24(19(28)23-20)10-16(25)22-18(27)21-13-5-3-2-4-6-13/h7-9,13H,2-6,10-11H2,1H3,(H,23,28)(H2,21,22,25,27)/t20-/m0/s1. The summed E-state index contributed by atoms with van der Waals surface area (Å²) < 4.78 is 10.6. The third-order valence-electron chi connectivity index (χ3n) is 5.72. The van der Waals surface area contributed by atoms with Crippen molar-refractivity contribution < 1.29 is 28.7 Å². The summed E-state index contributed by atoms with van der Waals surface area (Å²) in [4.78, 5) is 50.5. The lowest BCUT2D eigenvalue weighted by Gasteiger charge is -2.23. The first-order chi connectivity index (χ1) is 14.4. The van der Waals surface area contributed by atoms with E-state index in [1.54, 1.807) is 25.1 Å². The molecule has 2 heterocycles. The van der Waals surface area contributed by atoms with Crippen LogP contribution in [0.15, 0.2) is 18.2 Å². The number of carbonyl (C=O) groups is 4. The summed E-state index contributed by atoms with van der Waals surface area (Å²) >= 11 is 0. The molecule has 0 aromatic heterocycles. The summed E-state index contributed by atoms with van der Waals surface area (Å²) in [6.45, 7) is 1.09. The van der Waals surface area contributed by atoms with E-state index in [1.165, 1.54) is 0 Å². The SMILES string of the molecule is C[C@@]1(c2ccc3c(c2)OCO3)NC(=O)N(CC(=O)NC(=O)NC2CCCCC2)C1=O. The van der Waals surface area contributed by atoms with E-state index in [0.29, 0.717) is 17.1 Å². The molecule has 1 saturated heterocycles. The zero-order valence-corrected chi connectivity index (χ0v) is 16.7. The quantitative estimate of drug-likeness (QED) is 0.636. The number of rotatable bonds is 4. The maximum absolute atomic E-state index is 13.0. The molecule has 0 radical (unpaired) electrons. The Morgan fingerprint density at radius 2 is 1.90 bits per heavy atom. The summed E-state index contributed by atoms with van der Waals surface area (Å²) in [6, 6.07) is 3.67. The first-order valence-corrected chi connectivity index (χ1v) is 10.0. The summed E-state index contributed by atoms with van der Waals surface area (Å²) in [5.74, 6) is -0.290. The molecular formula is C20H24N4O6. The van der Waals surface area contributed by atoms with Gasteiger partial charge in [-0.25, -0.2) is 9.59 Å². The van der Waals surface area contributed by atoms with Crippen LogP contribution in [0.2, 0.25) is 0 Å². The molecule has 2 aliphatic heterocycles. The molecule has 1 atom stereocenters. The van der Waals surface area contributed by atoms with Gasteiger partial charge < -0.3 is 20.1 Å². The van der Waals surface area contributed by atoms with E-state index < -0.39 is 36.0 Å². The van der Waals surface area contributed by atoms with Gasteiger partial charge in [0.1, 0.15) is 12.1 Å². The number of fused-ring (bicyclic) bond motifs is 1. The van der Waals surface area contributed by atoms with Crippen molar-refractivity contribution in [1.29, 1.82) is 0 Å². The highest BCUT2D eigenvalue weighted by molar-refractivity contribution is 6.10. The number of imide groups is 2. The van der Waals surface area contributed by atoms with Gasteiger partial charge in [0.25, 0.3) is 5.91 Å². The normalized spacial score (nSPS) is 23.3. The number of hydrogen-bond acceptors (Lipinski definition) is 6. The fourth-order valence-electron chi connectivity index (χ4n) is 4.02. The van der Waals surface area contributed by atoms with Gasteiger partial charge in [-0.1, -0.05) is 25.3 Å². The van der Waals surface area contributed by atoms with Crippen LogP contribution in [-0.4, -0.2) is 48.2 Å². The molecule has 1 saturated carbocycles. The minimum Gasteiger partial charge on any atom is -0.454 e. The molecule has 30 heavy (non-hydrogen) atoms. The molecule has 1 aromatic rings. The first kappa shape index (κ1) is 20.0. The number of nitrogens with zero attached hydrogens (tertiary/aromatic N) is 1. The van der Waals surface area contributed by atoms with E-state index in [4.69, 9.17) is 9.47 Å². The van der Waals surface area contributed by atoms with Crippen LogP contribution in [0.25, 0.3) is 0 Å². The number of nitrogens with one attached hydrogen (secondary N) is 3. The second-order valence-corrected chi connectivity index (χ2v) is 7.87. The predicted molar refractivity (Wildman–Crippen MR) is 104 cm³/mol. The number of amides is 6. The topological polar surface area (TPSA) is 126 Å². The molecule has 10 heteroatoms. The maximum atomic E-state index is 13.0. The van der Waals surface area contributed by atoms with Gasteiger partial charge in [-0.05, 0) is 37.5 Å². The lowest BCUT2D eigenvalue weighted by atomic mass is 9.91. The van der Waals surface area contributed by atoms with E-state index in [9.17, 15) is 19.2 Å². The molecule has 1 aliphatic carbocycles. The number of ether oxygens (including phenoxy) is 2. The molecule has 3 aliphatic rings. The Hall–Kier alpha value is -3.30. The van der Waals surface area contributed by atoms with E-state index in [2.05, 4.69) is 16.0 Å². The van der Waals surface area contributed by atoms with E-state index in [1.807, 2.05) is 0 Å². The van der Waals surface area contributed by atoms with Gasteiger partial charge in [0.2, 0.25) is 12.7 Å². The molecule has 6 amide bonds. The number of carbonyl (C=O) groups excluding carboxylic acids is 4. The number of urea groups is 2. The Bertz CT molecular complexity index is 897. The molecule has 0 bridgehead atoms. The summed E-state index contributed by atoms with van der Waals surface area (Å²) in [7, 11) is 0. The van der Waals surface area contributed by atoms with Crippen molar-refractivity contribution in [3.05, 3.63) is 23.8 Å². The summed E-state index contributed by atoms with van der Waals surface area (Å²) in [5, 5.41) is 7.58. The van der Waals surface area contributed by atoms with Crippen LogP contribution in [0.1, 0.15) is 44.6 Å². The molecule has 0 spiro atoms. The van der Waals surface area contributed by atoms with Crippen molar-refractivity contribution in [2.24, 2.45) is 0 Å². The highest BCUT2D eigenvalue weighted by Crippen LogP contribution is 2.37. The Kier molecular flexibility index (Phi) is 5.23. The zero-order chi connectivity index (χ0) is 21.3. The number of hydrogen-bond donors (Lipinski definition) is 3. The van der Waals surface area contributed by atoms with Gasteiger partial charge in [-0.15, -0.1) is 0 Å². The Morgan fingerprint density at radius 3 is 2.67 bits per heavy atom. The van der Waals surface area contributed by atoms with Crippen LogP contribution in [0.4, 0.5) is 9.59 Å². The van der Waals surface area contributed by atoms with Crippen LogP contribution in [-0.2, 0) is 15.1 Å². The molecule has 160 valence electrons.